The van der Waals surface area contributed by atoms with Crippen LogP contribution in [0.2, 0.25) is 0 Å². The lowest BCUT2D eigenvalue weighted by Gasteiger charge is -2.13. The number of hydrogen-bond acceptors (Lipinski definition) is 1. The van der Waals surface area contributed by atoms with E-state index in [0.29, 0.717) is 0 Å². The fraction of sp³-hybridized carbons (Fsp3) is 0. The van der Waals surface area contributed by atoms with Crippen LogP contribution in [0.25, 0.3) is 98.8 Å². The van der Waals surface area contributed by atoms with Gasteiger partial charge in [-0.15, -0.1) is 0 Å². The summed E-state index contributed by atoms with van der Waals surface area (Å²) in [5.41, 5.74) is 11.3. The van der Waals surface area contributed by atoms with Crippen molar-refractivity contribution < 1.29 is 4.42 Å². The zero-order valence-corrected chi connectivity index (χ0v) is 26.5. The second-order valence-electron chi connectivity index (χ2n) is 12.9. The van der Waals surface area contributed by atoms with E-state index in [-0.39, 0.29) is 0 Å². The number of nitrogens with zero attached hydrogens (tertiary/aromatic N) is 2. The lowest BCUT2D eigenvalue weighted by molar-refractivity contribution is 0.669. The van der Waals surface area contributed by atoms with Crippen molar-refractivity contribution in [2.75, 3.05) is 0 Å². The molecule has 0 amide bonds. The molecule has 0 saturated carbocycles. The predicted molar refractivity (Wildman–Crippen MR) is 205 cm³/mol. The number of aromatic nitrogens is 2. The Kier molecular flexibility index (Phi) is 5.38. The highest BCUT2D eigenvalue weighted by molar-refractivity contribution is 6.16. The van der Waals surface area contributed by atoms with Crippen LogP contribution in [0.15, 0.2) is 174 Å². The quantitative estimate of drug-likeness (QED) is 0.192. The van der Waals surface area contributed by atoms with E-state index in [4.69, 9.17) is 4.42 Å². The lowest BCUT2D eigenvalue weighted by atomic mass is 9.99. The third-order valence-electron chi connectivity index (χ3n) is 10.3. The topological polar surface area (TPSA) is 23.0 Å². The Hall–Kier alpha value is -6.58. The average molecular weight is 625 g/mol. The average Bonchev–Trinajstić information content (AvgIpc) is 3.82. The first-order chi connectivity index (χ1) is 24.3. The van der Waals surface area contributed by atoms with Crippen LogP contribution in [0, 0.1) is 0 Å². The first-order valence-corrected chi connectivity index (χ1v) is 16.8. The zero-order chi connectivity index (χ0) is 32.1. The van der Waals surface area contributed by atoms with Crippen molar-refractivity contribution in [3.05, 3.63) is 170 Å². The molecule has 0 aliphatic heterocycles. The molecule has 11 rings (SSSR count). The summed E-state index contributed by atoms with van der Waals surface area (Å²) in [7, 11) is 0. The number of furan rings is 1. The fourth-order valence-electron chi connectivity index (χ4n) is 8.11. The second kappa shape index (κ2) is 9.96. The fourth-order valence-corrected chi connectivity index (χ4v) is 8.11. The Morgan fingerprint density at radius 2 is 0.980 bits per heavy atom. The van der Waals surface area contributed by atoms with Crippen molar-refractivity contribution in [3.8, 4) is 22.5 Å². The van der Waals surface area contributed by atoms with Gasteiger partial charge in [-0.2, -0.15) is 0 Å². The number of fused-ring (bicyclic) bond motifs is 10. The molecule has 0 aliphatic carbocycles. The summed E-state index contributed by atoms with van der Waals surface area (Å²) in [6.45, 7) is 0. The molecule has 3 heterocycles. The molecule has 0 unspecified atom stereocenters. The maximum Gasteiger partial charge on any atom is 0.135 e. The van der Waals surface area contributed by atoms with Crippen LogP contribution in [0.4, 0.5) is 0 Å². The minimum Gasteiger partial charge on any atom is -0.456 e. The Labute approximate surface area is 281 Å². The molecule has 3 aromatic heterocycles. The summed E-state index contributed by atoms with van der Waals surface area (Å²) in [5.74, 6) is 0. The van der Waals surface area contributed by atoms with Crippen molar-refractivity contribution in [1.82, 2.24) is 9.13 Å². The summed E-state index contributed by atoms with van der Waals surface area (Å²) < 4.78 is 11.1. The molecule has 0 N–H and O–H groups in total. The Morgan fingerprint density at radius 1 is 0.347 bits per heavy atom. The summed E-state index contributed by atoms with van der Waals surface area (Å²) in [5, 5.41) is 9.72. The zero-order valence-electron chi connectivity index (χ0n) is 26.5. The minimum absolute atomic E-state index is 0.902. The third-order valence-corrected chi connectivity index (χ3v) is 10.3. The highest BCUT2D eigenvalue weighted by Crippen LogP contribution is 2.41. The van der Waals surface area contributed by atoms with Crippen molar-refractivity contribution >= 4 is 76.3 Å². The molecule has 0 saturated heterocycles. The summed E-state index contributed by atoms with van der Waals surface area (Å²) in [6.07, 6.45) is 0. The Bertz CT molecular complexity index is 3120. The molecule has 0 fully saturated rings. The monoisotopic (exact) mass is 624 g/mol. The van der Waals surface area contributed by atoms with E-state index >= 15 is 0 Å². The molecule has 0 bridgehead atoms. The molecule has 8 aromatic carbocycles. The molecule has 11 aromatic rings. The number of benzene rings is 8. The first kappa shape index (κ1) is 26.5. The van der Waals surface area contributed by atoms with Gasteiger partial charge in [-0.1, -0.05) is 109 Å². The molecule has 0 atom stereocenters. The van der Waals surface area contributed by atoms with Gasteiger partial charge in [0.05, 0.1) is 22.1 Å². The van der Waals surface area contributed by atoms with Gasteiger partial charge in [-0.25, -0.2) is 0 Å². The van der Waals surface area contributed by atoms with Gasteiger partial charge in [0.1, 0.15) is 11.2 Å². The smallest absolute Gasteiger partial charge is 0.135 e. The normalized spacial score (nSPS) is 12.1. The van der Waals surface area contributed by atoms with Crippen molar-refractivity contribution in [2.24, 2.45) is 0 Å². The molecular weight excluding hydrogens is 597 g/mol. The number of rotatable bonds is 3. The van der Waals surface area contributed by atoms with Gasteiger partial charge in [0.15, 0.2) is 0 Å². The van der Waals surface area contributed by atoms with Gasteiger partial charge in [0.25, 0.3) is 0 Å². The van der Waals surface area contributed by atoms with E-state index < -0.39 is 0 Å². The molecule has 3 nitrogen and oxygen atoms in total. The van der Waals surface area contributed by atoms with E-state index in [0.717, 1.165) is 27.6 Å². The molecule has 0 aliphatic rings. The van der Waals surface area contributed by atoms with E-state index in [1.807, 2.05) is 12.1 Å². The summed E-state index contributed by atoms with van der Waals surface area (Å²) >= 11 is 0. The van der Waals surface area contributed by atoms with E-state index in [2.05, 4.69) is 167 Å². The van der Waals surface area contributed by atoms with Crippen LogP contribution < -0.4 is 0 Å². The Balaban J connectivity index is 1.18. The van der Waals surface area contributed by atoms with Gasteiger partial charge in [-0.3, -0.25) is 0 Å². The van der Waals surface area contributed by atoms with Gasteiger partial charge < -0.3 is 13.6 Å². The van der Waals surface area contributed by atoms with Crippen molar-refractivity contribution in [1.29, 1.82) is 0 Å². The van der Waals surface area contributed by atoms with Gasteiger partial charge in [-0.05, 0) is 77.0 Å². The molecule has 228 valence electrons. The molecule has 0 spiro atoms. The maximum absolute atomic E-state index is 6.21. The van der Waals surface area contributed by atoms with Crippen LogP contribution in [0.5, 0.6) is 0 Å². The highest BCUT2D eigenvalue weighted by atomic mass is 16.3. The van der Waals surface area contributed by atoms with Crippen LogP contribution in [-0.2, 0) is 0 Å². The number of para-hydroxylation sites is 4. The SMILES string of the molecule is c1ccc2cc(-n3c4ccccc4c4cc(-c5cccc6c7ccccc7n(-c7ccc8oc9ccccc9c8c7)c56)ccc43)ccc2c1. The van der Waals surface area contributed by atoms with Gasteiger partial charge in [0.2, 0.25) is 0 Å². The highest BCUT2D eigenvalue weighted by Gasteiger charge is 2.19. The maximum atomic E-state index is 6.21. The largest absolute Gasteiger partial charge is 0.456 e. The van der Waals surface area contributed by atoms with Crippen molar-refractivity contribution in [3.63, 3.8) is 0 Å². The molecule has 49 heavy (non-hydrogen) atoms. The Morgan fingerprint density at radius 3 is 1.86 bits per heavy atom. The second-order valence-corrected chi connectivity index (χ2v) is 12.9. The standard InChI is InChI=1S/C46H28N2O/c1-2-11-30-26-32(22-20-29(30)10-1)47-41-17-6-4-13-36(41)39-27-31(21-24-43(39)47)34-15-9-16-38-35-12-3-7-18-42(35)48(46(34)38)33-23-25-45-40(28-33)37-14-5-8-19-44(37)49-45/h1-28H. The van der Waals surface area contributed by atoms with Crippen LogP contribution in [-0.4, -0.2) is 9.13 Å². The third kappa shape index (κ3) is 3.78. The molecule has 3 heteroatoms. The van der Waals surface area contributed by atoms with E-state index in [1.54, 1.807) is 0 Å². The molecule has 0 radical (unpaired) electrons. The summed E-state index contributed by atoms with van der Waals surface area (Å²) in [4.78, 5) is 0. The van der Waals surface area contributed by atoms with Crippen LogP contribution in [0.1, 0.15) is 0 Å². The van der Waals surface area contributed by atoms with Gasteiger partial charge >= 0.3 is 0 Å². The van der Waals surface area contributed by atoms with Crippen LogP contribution >= 0.6 is 0 Å². The first-order valence-electron chi connectivity index (χ1n) is 16.8. The molecular formula is C46H28N2O. The minimum atomic E-state index is 0.902. The van der Waals surface area contributed by atoms with Crippen LogP contribution in [0.3, 0.4) is 0 Å². The predicted octanol–water partition coefficient (Wildman–Crippen LogP) is 12.6. The number of hydrogen-bond donors (Lipinski definition) is 0. The van der Waals surface area contributed by atoms with E-state index in [9.17, 15) is 0 Å². The van der Waals surface area contributed by atoms with Crippen molar-refractivity contribution in [2.45, 2.75) is 0 Å². The summed E-state index contributed by atoms with van der Waals surface area (Å²) in [6, 6.07) is 61.4. The van der Waals surface area contributed by atoms with Gasteiger partial charge in [0, 0.05) is 49.3 Å². The lowest BCUT2D eigenvalue weighted by Crippen LogP contribution is -1.96. The van der Waals surface area contributed by atoms with E-state index in [1.165, 1.54) is 71.2 Å².